The number of fused-ring (bicyclic) bond motifs is 1. The summed E-state index contributed by atoms with van der Waals surface area (Å²) in [5.41, 5.74) is 0.699. The first kappa shape index (κ1) is 21.0. The van der Waals surface area contributed by atoms with Crippen LogP contribution in [0.3, 0.4) is 0 Å². The molecule has 0 radical (unpaired) electrons. The highest BCUT2D eigenvalue weighted by atomic mass is 16.5. The van der Waals surface area contributed by atoms with E-state index in [1.807, 2.05) is 0 Å². The second-order valence-electron chi connectivity index (χ2n) is 6.57. The number of nitrogens with one attached hydrogen (secondary N) is 2. The molecule has 1 atom stereocenters. The molecule has 0 fully saturated rings. The number of hydrogen-bond acceptors (Lipinski definition) is 7. The number of carbonyl (C=O) groups is 5. The Morgan fingerprint density at radius 2 is 1.67 bits per heavy atom. The van der Waals surface area contributed by atoms with Crippen molar-refractivity contribution in [3.8, 4) is 0 Å². The van der Waals surface area contributed by atoms with E-state index in [1.165, 1.54) is 12.1 Å². The Bertz CT molecular complexity index is 918. The van der Waals surface area contributed by atoms with E-state index in [2.05, 4.69) is 10.6 Å². The predicted molar refractivity (Wildman–Crippen MR) is 102 cm³/mol. The van der Waals surface area contributed by atoms with Crippen molar-refractivity contribution in [1.82, 2.24) is 15.5 Å². The van der Waals surface area contributed by atoms with Crippen LogP contribution in [-0.2, 0) is 19.1 Å². The van der Waals surface area contributed by atoms with Crippen molar-refractivity contribution in [2.75, 3.05) is 19.8 Å². The topological polar surface area (TPSA) is 131 Å². The van der Waals surface area contributed by atoms with Crippen LogP contribution >= 0.6 is 0 Å². The fourth-order valence-electron chi connectivity index (χ4n) is 3.29. The number of nitrogens with zero attached hydrogens (tertiary/aromatic N) is 1. The van der Waals surface area contributed by atoms with Crippen LogP contribution in [0.15, 0.2) is 35.5 Å². The number of amides is 4. The molecule has 0 saturated heterocycles. The van der Waals surface area contributed by atoms with Gasteiger partial charge in [-0.1, -0.05) is 19.1 Å². The summed E-state index contributed by atoms with van der Waals surface area (Å²) in [7, 11) is 0. The van der Waals surface area contributed by atoms with Crippen LogP contribution < -0.4 is 10.6 Å². The molecule has 1 aromatic carbocycles. The van der Waals surface area contributed by atoms with Crippen molar-refractivity contribution in [3.05, 3.63) is 46.7 Å². The summed E-state index contributed by atoms with van der Waals surface area (Å²) >= 11 is 0. The second kappa shape index (κ2) is 8.76. The Balaban J connectivity index is 1.71. The van der Waals surface area contributed by atoms with Gasteiger partial charge in [0.05, 0.1) is 35.0 Å². The molecule has 10 nitrogen and oxygen atoms in total. The maximum atomic E-state index is 12.3. The number of benzene rings is 1. The van der Waals surface area contributed by atoms with Gasteiger partial charge in [-0.3, -0.25) is 19.3 Å². The van der Waals surface area contributed by atoms with Crippen molar-refractivity contribution in [2.24, 2.45) is 0 Å². The number of hydrogen-bond donors (Lipinski definition) is 2. The maximum absolute atomic E-state index is 12.3. The van der Waals surface area contributed by atoms with Crippen LogP contribution in [0.5, 0.6) is 0 Å². The van der Waals surface area contributed by atoms with Gasteiger partial charge in [0.2, 0.25) is 0 Å². The molecule has 0 bridgehead atoms. The van der Waals surface area contributed by atoms with Crippen LogP contribution in [0.4, 0.5) is 4.79 Å². The second-order valence-corrected chi connectivity index (χ2v) is 6.57. The van der Waals surface area contributed by atoms with E-state index in [-0.39, 0.29) is 29.0 Å². The average Bonchev–Trinajstić information content (AvgIpc) is 2.97. The molecule has 0 saturated carbocycles. The fraction of sp³-hybridized carbons (Fsp3) is 0.350. The van der Waals surface area contributed by atoms with Crippen LogP contribution in [0.2, 0.25) is 0 Å². The fourth-order valence-corrected chi connectivity index (χ4v) is 3.29. The van der Waals surface area contributed by atoms with Gasteiger partial charge in [0.1, 0.15) is 13.2 Å². The van der Waals surface area contributed by atoms with Gasteiger partial charge in [-0.05, 0) is 25.5 Å². The molecule has 0 aromatic heterocycles. The average molecular weight is 415 g/mol. The minimum Gasteiger partial charge on any atom is -0.463 e. The summed E-state index contributed by atoms with van der Waals surface area (Å²) in [6.45, 7) is 2.56. The maximum Gasteiger partial charge on any atom is 0.338 e. The van der Waals surface area contributed by atoms with Crippen LogP contribution in [0.1, 0.15) is 41.0 Å². The predicted octanol–water partition coefficient (Wildman–Crippen LogP) is 0.734. The Hall–Kier alpha value is -3.69. The summed E-state index contributed by atoms with van der Waals surface area (Å²) in [4.78, 5) is 61.9. The largest absolute Gasteiger partial charge is 0.463 e. The van der Waals surface area contributed by atoms with E-state index < -0.39 is 49.0 Å². The Morgan fingerprint density at radius 1 is 1.03 bits per heavy atom. The summed E-state index contributed by atoms with van der Waals surface area (Å²) < 4.78 is 10.2. The van der Waals surface area contributed by atoms with E-state index in [9.17, 15) is 24.0 Å². The first-order valence-electron chi connectivity index (χ1n) is 9.45. The van der Waals surface area contributed by atoms with E-state index >= 15 is 0 Å². The summed E-state index contributed by atoms with van der Waals surface area (Å²) in [5.74, 6) is -2.66. The number of urea groups is 1. The van der Waals surface area contributed by atoms with Gasteiger partial charge in [0.15, 0.2) is 0 Å². The normalized spacial score (nSPS) is 18.0. The number of imide groups is 1. The van der Waals surface area contributed by atoms with Crippen molar-refractivity contribution in [1.29, 1.82) is 0 Å². The molecule has 0 unspecified atom stereocenters. The van der Waals surface area contributed by atoms with E-state index in [0.29, 0.717) is 6.42 Å². The van der Waals surface area contributed by atoms with Gasteiger partial charge in [0.25, 0.3) is 11.8 Å². The third-order valence-corrected chi connectivity index (χ3v) is 4.69. The lowest BCUT2D eigenvalue weighted by atomic mass is 10.0. The van der Waals surface area contributed by atoms with Gasteiger partial charge < -0.3 is 20.1 Å². The molecule has 2 aliphatic heterocycles. The van der Waals surface area contributed by atoms with E-state index in [0.717, 1.165) is 4.90 Å². The van der Waals surface area contributed by atoms with Gasteiger partial charge in [0, 0.05) is 0 Å². The highest BCUT2D eigenvalue weighted by Crippen LogP contribution is 2.22. The minimum atomic E-state index is -0.860. The van der Waals surface area contributed by atoms with Crippen molar-refractivity contribution < 1.29 is 33.4 Å². The van der Waals surface area contributed by atoms with Crippen molar-refractivity contribution >= 4 is 29.8 Å². The molecule has 3 rings (SSSR count). The number of esters is 2. The van der Waals surface area contributed by atoms with Gasteiger partial charge in [-0.25, -0.2) is 9.59 Å². The lowest BCUT2D eigenvalue weighted by Crippen LogP contribution is -2.51. The van der Waals surface area contributed by atoms with E-state index in [1.54, 1.807) is 26.0 Å². The molecule has 4 amide bonds. The highest BCUT2D eigenvalue weighted by molar-refractivity contribution is 6.22. The van der Waals surface area contributed by atoms with Crippen molar-refractivity contribution in [2.45, 2.75) is 26.3 Å². The Kier molecular flexibility index (Phi) is 6.14. The first-order valence-corrected chi connectivity index (χ1v) is 9.45. The zero-order valence-corrected chi connectivity index (χ0v) is 16.5. The van der Waals surface area contributed by atoms with E-state index in [4.69, 9.17) is 9.47 Å². The Labute approximate surface area is 172 Å². The molecule has 0 spiro atoms. The van der Waals surface area contributed by atoms with Crippen LogP contribution in [0, 0.1) is 0 Å². The molecule has 2 aliphatic rings. The zero-order chi connectivity index (χ0) is 21.8. The van der Waals surface area contributed by atoms with Crippen LogP contribution in [0.25, 0.3) is 0 Å². The minimum absolute atomic E-state index is 0.0970. The molecule has 2 N–H and O–H groups in total. The standard InChI is InChI=1S/C20H21N3O7/c1-3-13-16(19(27)29-4-2)14(22-20(28)21-13)10-30-15(24)9-23-17(25)11-7-5-6-8-12(11)18(23)26/h5-8,13H,3-4,9-10H2,1-2H3,(H2,21,22,28)/t13-/m0/s1. The quantitative estimate of drug-likeness (QED) is 0.496. The van der Waals surface area contributed by atoms with Gasteiger partial charge in [-0.15, -0.1) is 0 Å². The molecule has 0 aliphatic carbocycles. The molecular weight excluding hydrogens is 394 g/mol. The molecule has 2 heterocycles. The summed E-state index contributed by atoms with van der Waals surface area (Å²) in [6, 6.07) is 5.13. The highest BCUT2D eigenvalue weighted by Gasteiger charge is 2.37. The SMILES string of the molecule is CCOC(=O)C1=C(COC(=O)CN2C(=O)c3ccccc3C2=O)NC(=O)N[C@H]1CC. The first-order chi connectivity index (χ1) is 14.4. The number of ether oxygens (including phenoxy) is 2. The van der Waals surface area contributed by atoms with Gasteiger partial charge in [-0.2, -0.15) is 0 Å². The zero-order valence-electron chi connectivity index (χ0n) is 16.5. The third-order valence-electron chi connectivity index (χ3n) is 4.69. The number of carbonyl (C=O) groups excluding carboxylic acids is 5. The molecule has 158 valence electrons. The Morgan fingerprint density at radius 3 is 2.23 bits per heavy atom. The summed E-state index contributed by atoms with van der Waals surface area (Å²) in [5, 5.41) is 5.06. The third kappa shape index (κ3) is 4.02. The van der Waals surface area contributed by atoms with Crippen LogP contribution in [-0.4, -0.2) is 60.5 Å². The smallest absolute Gasteiger partial charge is 0.338 e. The molecular formula is C20H21N3O7. The summed E-state index contributed by atoms with van der Waals surface area (Å²) in [6.07, 6.45) is 0.425. The monoisotopic (exact) mass is 415 g/mol. The lowest BCUT2D eigenvalue weighted by Gasteiger charge is -2.28. The lowest BCUT2D eigenvalue weighted by molar-refractivity contribution is -0.144. The molecule has 1 aromatic rings. The molecule has 10 heteroatoms. The van der Waals surface area contributed by atoms with Gasteiger partial charge >= 0.3 is 18.0 Å². The van der Waals surface area contributed by atoms with Crippen molar-refractivity contribution in [3.63, 3.8) is 0 Å². The molecule has 30 heavy (non-hydrogen) atoms. The number of rotatable bonds is 7.